The average Bonchev–Trinajstić information content (AvgIpc) is 3.32. The zero-order chi connectivity index (χ0) is 25.1. The Morgan fingerprint density at radius 1 is 1.25 bits per heavy atom. The van der Waals surface area contributed by atoms with Crippen molar-refractivity contribution in [2.45, 2.75) is 51.6 Å². The number of aliphatic hydroxyl groups excluding tert-OH is 1. The number of aromatic nitrogens is 1. The monoisotopic (exact) mass is 508 g/mol. The van der Waals surface area contributed by atoms with Crippen molar-refractivity contribution in [3.63, 3.8) is 0 Å². The second-order valence-electron chi connectivity index (χ2n) is 10.9. The second-order valence-corrected chi connectivity index (χ2v) is 12.0. The van der Waals surface area contributed by atoms with Crippen LogP contribution >= 0.6 is 11.3 Å². The van der Waals surface area contributed by atoms with Gasteiger partial charge in [0.05, 0.1) is 24.5 Å². The van der Waals surface area contributed by atoms with Crippen LogP contribution in [0, 0.1) is 22.7 Å². The number of likely N-dealkylation sites (tertiary alicyclic amines) is 1. The highest BCUT2D eigenvalue weighted by Crippen LogP contribution is 2.45. The Balaban J connectivity index is 1.19. The lowest BCUT2D eigenvalue weighted by molar-refractivity contribution is 0.145. The number of hydrogen-bond donors (Lipinski definition) is 1. The van der Waals surface area contributed by atoms with Crippen LogP contribution in [0.25, 0.3) is 11.0 Å². The van der Waals surface area contributed by atoms with Gasteiger partial charge in [0.25, 0.3) is 0 Å². The number of nitrogens with zero attached hydrogens (tertiary/aromatic N) is 4. The number of rotatable bonds is 11. The first-order chi connectivity index (χ1) is 17.5. The zero-order valence-corrected chi connectivity index (χ0v) is 22.1. The van der Waals surface area contributed by atoms with Crippen molar-refractivity contribution >= 4 is 22.3 Å². The van der Waals surface area contributed by atoms with Crippen molar-refractivity contribution in [3.8, 4) is 11.8 Å². The molecule has 2 aromatic heterocycles. The maximum Gasteiger partial charge on any atom is 0.175 e. The molecule has 5 rings (SSSR count). The van der Waals surface area contributed by atoms with Crippen molar-refractivity contribution in [3.05, 3.63) is 45.3 Å². The van der Waals surface area contributed by atoms with Gasteiger partial charge in [0.15, 0.2) is 5.58 Å². The van der Waals surface area contributed by atoms with E-state index in [-0.39, 0.29) is 12.0 Å². The first-order valence-corrected chi connectivity index (χ1v) is 13.8. The minimum Gasteiger partial charge on any atom is -0.492 e. The Hall–Kier alpha value is -2.44. The third-order valence-electron chi connectivity index (χ3n) is 7.72. The van der Waals surface area contributed by atoms with Crippen molar-refractivity contribution in [1.29, 1.82) is 5.26 Å². The van der Waals surface area contributed by atoms with Gasteiger partial charge in [0.1, 0.15) is 16.7 Å². The molecule has 0 bridgehead atoms. The van der Waals surface area contributed by atoms with E-state index in [1.54, 1.807) is 11.3 Å². The van der Waals surface area contributed by atoms with Gasteiger partial charge in [-0.2, -0.15) is 5.26 Å². The molecule has 0 spiro atoms. The molecule has 1 aliphatic heterocycles. The molecule has 0 radical (unpaired) electrons. The van der Waals surface area contributed by atoms with Gasteiger partial charge in [-0.25, -0.2) is 0 Å². The highest BCUT2D eigenvalue weighted by molar-refractivity contribution is 7.12. The highest BCUT2D eigenvalue weighted by atomic mass is 32.1. The molecular formula is C28H36N4O3S. The summed E-state index contributed by atoms with van der Waals surface area (Å²) in [6, 6.07) is 10.4. The summed E-state index contributed by atoms with van der Waals surface area (Å²) < 4.78 is 12.1. The SMILES string of the molecule is CN(C)Cc1c(OCC2(CO)CC2)ccc2c(CCC3CCN(Cc4ccc(C#N)s4)CC3)noc12. The molecule has 1 aliphatic carbocycles. The first-order valence-electron chi connectivity index (χ1n) is 13.0. The maximum absolute atomic E-state index is 9.65. The zero-order valence-electron chi connectivity index (χ0n) is 21.3. The van der Waals surface area contributed by atoms with Crippen LogP contribution in [0.2, 0.25) is 0 Å². The predicted octanol–water partition coefficient (Wildman–Crippen LogP) is 4.82. The second kappa shape index (κ2) is 10.9. The molecule has 192 valence electrons. The molecule has 2 aliphatic rings. The number of fused-ring (bicyclic) bond motifs is 1. The molecule has 0 unspecified atom stereocenters. The number of thiophene rings is 1. The summed E-state index contributed by atoms with van der Waals surface area (Å²) in [6.45, 7) is 4.60. The summed E-state index contributed by atoms with van der Waals surface area (Å²) in [5, 5.41) is 24.3. The Morgan fingerprint density at radius 3 is 2.72 bits per heavy atom. The van der Waals surface area contributed by atoms with Crippen LogP contribution in [-0.4, -0.2) is 60.5 Å². The lowest BCUT2D eigenvalue weighted by Crippen LogP contribution is -2.33. The maximum atomic E-state index is 9.65. The van der Waals surface area contributed by atoms with E-state index >= 15 is 0 Å². The molecule has 1 saturated carbocycles. The van der Waals surface area contributed by atoms with Crippen LogP contribution in [0.15, 0.2) is 28.8 Å². The highest BCUT2D eigenvalue weighted by Gasteiger charge is 2.43. The summed E-state index contributed by atoms with van der Waals surface area (Å²) in [5.41, 5.74) is 2.84. The molecule has 7 nitrogen and oxygen atoms in total. The quantitative estimate of drug-likeness (QED) is 0.397. The van der Waals surface area contributed by atoms with Crippen LogP contribution < -0.4 is 4.74 Å². The Bertz CT molecular complexity index is 1220. The molecule has 1 saturated heterocycles. The summed E-state index contributed by atoms with van der Waals surface area (Å²) in [4.78, 5) is 6.70. The summed E-state index contributed by atoms with van der Waals surface area (Å²) in [5.74, 6) is 1.53. The van der Waals surface area contributed by atoms with Crippen LogP contribution in [0.1, 0.15) is 53.1 Å². The largest absolute Gasteiger partial charge is 0.492 e. The molecule has 3 aromatic rings. The van der Waals surface area contributed by atoms with Gasteiger partial charge < -0.3 is 19.3 Å². The van der Waals surface area contributed by atoms with Crippen molar-refractivity contribution < 1.29 is 14.4 Å². The van der Waals surface area contributed by atoms with Crippen molar-refractivity contribution in [1.82, 2.24) is 15.0 Å². The number of ether oxygens (including phenoxy) is 1. The number of hydrogen-bond acceptors (Lipinski definition) is 8. The van der Waals surface area contributed by atoms with Gasteiger partial charge in [-0.3, -0.25) is 4.90 Å². The molecule has 1 aromatic carbocycles. The van der Waals surface area contributed by atoms with Gasteiger partial charge in [0.2, 0.25) is 0 Å². The first kappa shape index (κ1) is 25.2. The minimum absolute atomic E-state index is 0.0597. The van der Waals surface area contributed by atoms with Gasteiger partial charge in [-0.15, -0.1) is 11.3 Å². The average molecular weight is 509 g/mol. The smallest absolute Gasteiger partial charge is 0.175 e. The fraction of sp³-hybridized carbons (Fsp3) is 0.571. The standard InChI is InChI=1S/C28H36N4O3S/c1-31(2)17-24-26(34-19-28(18-33)11-12-28)8-6-23-25(30-35-27(23)24)7-3-20-9-13-32(14-10-20)16-22-5-4-21(15-29)36-22/h4-6,8,20,33H,3,7,9-14,16-19H2,1-2H3. The number of aliphatic hydroxyl groups is 1. The number of piperidine rings is 1. The Labute approximate surface area is 217 Å². The topological polar surface area (TPSA) is 85.8 Å². The molecule has 36 heavy (non-hydrogen) atoms. The van der Waals surface area contributed by atoms with Crippen LogP contribution in [0.3, 0.4) is 0 Å². The normalized spacial score (nSPS) is 18.1. The van der Waals surface area contributed by atoms with E-state index in [2.05, 4.69) is 39.2 Å². The molecular weight excluding hydrogens is 472 g/mol. The van der Waals surface area contributed by atoms with E-state index in [1.165, 1.54) is 17.7 Å². The third kappa shape index (κ3) is 5.76. The predicted molar refractivity (Wildman–Crippen MR) is 141 cm³/mol. The van der Waals surface area contributed by atoms with Gasteiger partial charge in [-0.1, -0.05) is 5.16 Å². The molecule has 3 heterocycles. The third-order valence-corrected chi connectivity index (χ3v) is 8.70. The van der Waals surface area contributed by atoms with Crippen LogP contribution in [0.4, 0.5) is 0 Å². The lowest BCUT2D eigenvalue weighted by atomic mass is 9.91. The molecule has 0 atom stereocenters. The van der Waals surface area contributed by atoms with E-state index < -0.39 is 0 Å². The fourth-order valence-electron chi connectivity index (χ4n) is 5.15. The number of benzene rings is 1. The molecule has 1 N–H and O–H groups in total. The minimum atomic E-state index is -0.0597. The Kier molecular flexibility index (Phi) is 7.63. The fourth-order valence-corrected chi connectivity index (χ4v) is 5.99. The molecule has 2 fully saturated rings. The lowest BCUT2D eigenvalue weighted by Gasteiger charge is -2.31. The van der Waals surface area contributed by atoms with E-state index in [1.807, 2.05) is 20.2 Å². The van der Waals surface area contributed by atoms with Gasteiger partial charge in [-0.05, 0) is 95.9 Å². The summed E-state index contributed by atoms with van der Waals surface area (Å²) >= 11 is 1.61. The van der Waals surface area contributed by atoms with Crippen molar-refractivity contribution in [2.24, 2.45) is 11.3 Å². The van der Waals surface area contributed by atoms with Crippen LogP contribution in [0.5, 0.6) is 5.75 Å². The summed E-state index contributed by atoms with van der Waals surface area (Å²) in [7, 11) is 4.09. The summed E-state index contributed by atoms with van der Waals surface area (Å²) in [6.07, 6.45) is 6.48. The van der Waals surface area contributed by atoms with E-state index in [4.69, 9.17) is 14.5 Å². The van der Waals surface area contributed by atoms with E-state index in [0.717, 1.165) is 78.2 Å². The van der Waals surface area contributed by atoms with Gasteiger partial charge in [0, 0.05) is 28.8 Å². The van der Waals surface area contributed by atoms with Crippen LogP contribution in [-0.2, 0) is 19.5 Å². The van der Waals surface area contributed by atoms with Gasteiger partial charge >= 0.3 is 0 Å². The molecule has 8 heteroatoms. The Morgan fingerprint density at radius 2 is 2.06 bits per heavy atom. The van der Waals surface area contributed by atoms with Crippen molar-refractivity contribution in [2.75, 3.05) is 40.4 Å². The molecule has 0 amide bonds. The van der Waals surface area contributed by atoms with E-state index in [0.29, 0.717) is 19.1 Å². The number of nitriles is 1. The van der Waals surface area contributed by atoms with E-state index in [9.17, 15) is 5.11 Å². The number of aryl methyl sites for hydroxylation is 1.